The molecule has 0 bridgehead atoms. The normalized spacial score (nSPS) is 22.6. The lowest BCUT2D eigenvalue weighted by atomic mass is 9.75. The predicted molar refractivity (Wildman–Crippen MR) is 173 cm³/mol. The number of piperidine rings is 2. The number of rotatable bonds is 8. The molecule has 236 valence electrons. The first kappa shape index (κ1) is 33.2. The third-order valence-corrected chi connectivity index (χ3v) is 10.6. The SMILES string of the molecule is CN1C(C)(C)CC(OC(=O)C(Cc2ccccc2)(Cc2ccccc2)C(=O)OC2CC(C)(C)N(C)C(C)(C)C2)CC1(C)C. The van der Waals surface area contributed by atoms with Crippen molar-refractivity contribution in [3.8, 4) is 0 Å². The van der Waals surface area contributed by atoms with E-state index < -0.39 is 17.4 Å². The summed E-state index contributed by atoms with van der Waals surface area (Å²) in [4.78, 5) is 34.1. The summed E-state index contributed by atoms with van der Waals surface area (Å²) in [6, 6.07) is 19.6. The largest absolute Gasteiger partial charge is 0.461 e. The van der Waals surface area contributed by atoms with E-state index in [1.165, 1.54) is 0 Å². The van der Waals surface area contributed by atoms with E-state index in [2.05, 4.69) is 79.3 Å². The summed E-state index contributed by atoms with van der Waals surface area (Å²) in [5.41, 5.74) is -0.390. The Labute approximate surface area is 260 Å². The van der Waals surface area contributed by atoms with Gasteiger partial charge in [-0.25, -0.2) is 0 Å². The molecule has 2 aromatic carbocycles. The average molecular weight is 591 g/mol. The number of nitrogens with zero attached hydrogens (tertiary/aromatic N) is 2. The molecule has 6 nitrogen and oxygen atoms in total. The van der Waals surface area contributed by atoms with Crippen molar-refractivity contribution >= 4 is 11.9 Å². The molecule has 0 amide bonds. The Balaban J connectivity index is 1.74. The van der Waals surface area contributed by atoms with E-state index in [1.54, 1.807) is 0 Å². The zero-order chi connectivity index (χ0) is 31.8. The zero-order valence-corrected chi connectivity index (χ0v) is 28.2. The van der Waals surface area contributed by atoms with E-state index in [0.29, 0.717) is 25.7 Å². The second kappa shape index (κ2) is 12.0. The number of benzene rings is 2. The monoisotopic (exact) mass is 590 g/mol. The first-order valence-electron chi connectivity index (χ1n) is 15.9. The van der Waals surface area contributed by atoms with Crippen LogP contribution in [0.3, 0.4) is 0 Å². The number of hydrogen-bond donors (Lipinski definition) is 0. The summed E-state index contributed by atoms with van der Waals surface area (Å²) < 4.78 is 12.9. The quantitative estimate of drug-likeness (QED) is 0.248. The molecule has 2 saturated heterocycles. The Morgan fingerprint density at radius 2 is 0.884 bits per heavy atom. The van der Waals surface area contributed by atoms with Gasteiger partial charge in [-0.1, -0.05) is 60.7 Å². The van der Waals surface area contributed by atoms with Crippen molar-refractivity contribution in [3.63, 3.8) is 0 Å². The zero-order valence-electron chi connectivity index (χ0n) is 28.2. The molecule has 2 aromatic rings. The van der Waals surface area contributed by atoms with Gasteiger partial charge in [0.2, 0.25) is 0 Å². The van der Waals surface area contributed by atoms with E-state index in [-0.39, 0.29) is 47.2 Å². The summed E-state index contributed by atoms with van der Waals surface area (Å²) in [5.74, 6) is -0.976. The van der Waals surface area contributed by atoms with E-state index >= 15 is 0 Å². The number of hydrogen-bond acceptors (Lipinski definition) is 6. The van der Waals surface area contributed by atoms with Crippen molar-refractivity contribution in [1.29, 1.82) is 0 Å². The van der Waals surface area contributed by atoms with Gasteiger partial charge in [0.15, 0.2) is 5.41 Å². The highest BCUT2D eigenvalue weighted by molar-refractivity contribution is 6.01. The van der Waals surface area contributed by atoms with Crippen LogP contribution in [0.4, 0.5) is 0 Å². The summed E-state index contributed by atoms with van der Waals surface area (Å²) in [5, 5.41) is 0. The van der Waals surface area contributed by atoms with Crippen molar-refractivity contribution < 1.29 is 19.1 Å². The predicted octanol–water partition coefficient (Wildman–Crippen LogP) is 6.85. The van der Waals surface area contributed by atoms with Crippen LogP contribution in [0.2, 0.25) is 0 Å². The molecular formula is C37H54N2O4. The fourth-order valence-electron chi connectivity index (χ4n) is 7.58. The second-order valence-electron chi connectivity index (χ2n) is 15.6. The standard InChI is InChI=1S/C37H54N2O4/c1-33(2)23-29(24-34(3,4)38(33)9)42-31(40)37(21-27-17-13-11-14-18-27,22-28-19-15-12-16-20-28)32(41)43-30-25-35(5,6)39(10)36(7,8)26-30/h11-20,29-30H,21-26H2,1-10H3. The van der Waals surface area contributed by atoms with Crippen LogP contribution in [0, 0.1) is 5.41 Å². The molecule has 0 radical (unpaired) electrons. The molecule has 4 rings (SSSR count). The Hall–Kier alpha value is -2.70. The minimum atomic E-state index is -1.53. The van der Waals surface area contributed by atoms with Crippen molar-refractivity contribution in [2.45, 2.75) is 128 Å². The van der Waals surface area contributed by atoms with Gasteiger partial charge >= 0.3 is 11.9 Å². The van der Waals surface area contributed by atoms with Crippen molar-refractivity contribution in [2.75, 3.05) is 14.1 Å². The molecule has 0 N–H and O–H groups in total. The van der Waals surface area contributed by atoms with Crippen molar-refractivity contribution in [1.82, 2.24) is 9.80 Å². The lowest BCUT2D eigenvalue weighted by molar-refractivity contribution is -0.187. The van der Waals surface area contributed by atoms with Gasteiger partial charge < -0.3 is 9.47 Å². The fourth-order valence-corrected chi connectivity index (χ4v) is 7.58. The minimum Gasteiger partial charge on any atom is -0.461 e. The Bertz CT molecular complexity index is 1130. The Morgan fingerprint density at radius 1 is 0.605 bits per heavy atom. The average Bonchev–Trinajstić information content (AvgIpc) is 2.90. The number of esters is 2. The van der Waals surface area contributed by atoms with E-state index in [4.69, 9.17) is 9.47 Å². The van der Waals surface area contributed by atoms with Crippen LogP contribution >= 0.6 is 0 Å². The minimum absolute atomic E-state index is 0.167. The molecule has 43 heavy (non-hydrogen) atoms. The highest BCUT2D eigenvalue weighted by Gasteiger charge is 2.54. The van der Waals surface area contributed by atoms with Crippen LogP contribution in [0.1, 0.15) is 92.2 Å². The van der Waals surface area contributed by atoms with Gasteiger partial charge in [-0.15, -0.1) is 0 Å². The van der Waals surface area contributed by atoms with Gasteiger partial charge in [0, 0.05) is 47.8 Å². The second-order valence-corrected chi connectivity index (χ2v) is 15.6. The van der Waals surface area contributed by atoms with Crippen molar-refractivity contribution in [2.24, 2.45) is 5.41 Å². The molecule has 0 aromatic heterocycles. The third-order valence-electron chi connectivity index (χ3n) is 10.6. The molecule has 0 spiro atoms. The topological polar surface area (TPSA) is 59.1 Å². The summed E-state index contributed by atoms with van der Waals surface area (Å²) in [6.07, 6.45) is 2.56. The Kier molecular flexibility index (Phi) is 9.27. The van der Waals surface area contributed by atoms with Gasteiger partial charge in [-0.3, -0.25) is 19.4 Å². The van der Waals surface area contributed by atoms with Crippen LogP contribution in [-0.2, 0) is 31.9 Å². The highest BCUT2D eigenvalue weighted by atomic mass is 16.6. The molecule has 0 saturated carbocycles. The maximum atomic E-state index is 14.7. The number of carbonyl (C=O) groups is 2. The van der Waals surface area contributed by atoms with Crippen LogP contribution < -0.4 is 0 Å². The number of carbonyl (C=O) groups excluding carboxylic acids is 2. The molecule has 2 aliphatic heterocycles. The van der Waals surface area contributed by atoms with Gasteiger partial charge in [-0.2, -0.15) is 0 Å². The summed E-state index contributed by atoms with van der Waals surface area (Å²) in [7, 11) is 4.27. The number of likely N-dealkylation sites (tertiary alicyclic amines) is 2. The molecule has 0 atom stereocenters. The Morgan fingerprint density at radius 3 is 1.16 bits per heavy atom. The van der Waals surface area contributed by atoms with Gasteiger partial charge in [-0.05, 0) is 93.5 Å². The first-order valence-corrected chi connectivity index (χ1v) is 15.9. The van der Waals surface area contributed by atoms with Gasteiger partial charge in [0.25, 0.3) is 0 Å². The van der Waals surface area contributed by atoms with Crippen LogP contribution in [0.25, 0.3) is 0 Å². The van der Waals surface area contributed by atoms with E-state index in [9.17, 15) is 9.59 Å². The van der Waals surface area contributed by atoms with E-state index in [0.717, 1.165) is 11.1 Å². The first-order chi connectivity index (χ1) is 19.9. The highest BCUT2D eigenvalue weighted by Crippen LogP contribution is 2.42. The maximum absolute atomic E-state index is 14.7. The van der Waals surface area contributed by atoms with Crippen LogP contribution in [-0.4, -0.2) is 70.2 Å². The molecule has 6 heteroatoms. The van der Waals surface area contributed by atoms with Crippen LogP contribution in [0.5, 0.6) is 0 Å². The third kappa shape index (κ3) is 7.17. The lowest BCUT2D eigenvalue weighted by Crippen LogP contribution is -2.61. The fraction of sp³-hybridized carbons (Fsp3) is 0.622. The van der Waals surface area contributed by atoms with E-state index in [1.807, 2.05) is 60.7 Å². The molecule has 2 heterocycles. The molecule has 0 aliphatic carbocycles. The van der Waals surface area contributed by atoms with Crippen molar-refractivity contribution in [3.05, 3.63) is 71.8 Å². The molecular weight excluding hydrogens is 536 g/mol. The molecule has 2 fully saturated rings. The van der Waals surface area contributed by atoms with Crippen LogP contribution in [0.15, 0.2) is 60.7 Å². The molecule has 2 aliphatic rings. The van der Waals surface area contributed by atoms with Gasteiger partial charge in [0.1, 0.15) is 12.2 Å². The molecule has 0 unspecified atom stereocenters. The smallest absolute Gasteiger partial charge is 0.324 e. The number of ether oxygens (including phenoxy) is 2. The summed E-state index contributed by atoms with van der Waals surface area (Å²) in [6.45, 7) is 17.5. The summed E-state index contributed by atoms with van der Waals surface area (Å²) >= 11 is 0. The van der Waals surface area contributed by atoms with Gasteiger partial charge in [0.05, 0.1) is 0 Å². The lowest BCUT2D eigenvalue weighted by Gasteiger charge is -2.53. The maximum Gasteiger partial charge on any atom is 0.324 e.